The molecule has 3 aromatic rings. The Labute approximate surface area is 139 Å². The summed E-state index contributed by atoms with van der Waals surface area (Å²) in [6.45, 7) is 1.47. The van der Waals surface area contributed by atoms with Crippen LogP contribution in [0.4, 0.5) is 4.39 Å². The van der Waals surface area contributed by atoms with E-state index in [1.165, 1.54) is 6.07 Å². The summed E-state index contributed by atoms with van der Waals surface area (Å²) in [5.41, 5.74) is 1.11. The van der Waals surface area contributed by atoms with Crippen LogP contribution in [0.3, 0.4) is 0 Å². The number of hydrogen-bond acceptors (Lipinski definition) is 4. The second kappa shape index (κ2) is 6.28. The number of para-hydroxylation sites is 1. The summed E-state index contributed by atoms with van der Waals surface area (Å²) in [6, 6.07) is 14.3. The number of pyridine rings is 1. The highest BCUT2D eigenvalue weighted by Crippen LogP contribution is 2.31. The quantitative estimate of drug-likeness (QED) is 0.795. The maximum absolute atomic E-state index is 14.4. The van der Waals surface area contributed by atoms with Crippen LogP contribution in [0.25, 0.3) is 10.9 Å². The van der Waals surface area contributed by atoms with Gasteiger partial charge in [0, 0.05) is 24.7 Å². The number of amidine groups is 1. The SMILES string of the molecule is Fc1cccc(Oc2cccc3cccnc23)c1C1=NCCCN1. The topological polar surface area (TPSA) is 46.5 Å². The molecule has 4 nitrogen and oxygen atoms in total. The Kier molecular flexibility index (Phi) is 3.83. The molecule has 0 unspecified atom stereocenters. The van der Waals surface area contributed by atoms with E-state index >= 15 is 0 Å². The van der Waals surface area contributed by atoms with Gasteiger partial charge in [-0.15, -0.1) is 0 Å². The van der Waals surface area contributed by atoms with Gasteiger partial charge < -0.3 is 10.1 Å². The molecule has 120 valence electrons. The van der Waals surface area contributed by atoms with Gasteiger partial charge in [0.1, 0.15) is 22.9 Å². The Morgan fingerprint density at radius 1 is 1.00 bits per heavy atom. The molecule has 0 radical (unpaired) electrons. The first-order valence-electron chi connectivity index (χ1n) is 7.92. The van der Waals surface area contributed by atoms with Crippen molar-refractivity contribution in [2.24, 2.45) is 4.99 Å². The summed E-state index contributed by atoms with van der Waals surface area (Å²) in [5, 5.41) is 4.13. The molecule has 4 rings (SSSR count). The molecule has 1 aliphatic heterocycles. The zero-order valence-corrected chi connectivity index (χ0v) is 13.0. The maximum atomic E-state index is 14.4. The van der Waals surface area contributed by atoms with Crippen molar-refractivity contribution in [3.63, 3.8) is 0 Å². The first-order chi connectivity index (χ1) is 11.8. The molecule has 5 heteroatoms. The van der Waals surface area contributed by atoms with Crippen LogP contribution in [-0.2, 0) is 0 Å². The Hall–Kier alpha value is -2.95. The van der Waals surface area contributed by atoms with Gasteiger partial charge in [-0.2, -0.15) is 0 Å². The van der Waals surface area contributed by atoms with Gasteiger partial charge in [0.25, 0.3) is 0 Å². The van der Waals surface area contributed by atoms with E-state index in [0.717, 1.165) is 23.9 Å². The number of hydrogen-bond donors (Lipinski definition) is 1. The summed E-state index contributed by atoms with van der Waals surface area (Å²) in [6.07, 6.45) is 2.66. The fourth-order valence-corrected chi connectivity index (χ4v) is 2.80. The maximum Gasteiger partial charge on any atom is 0.153 e. The van der Waals surface area contributed by atoms with Gasteiger partial charge in [-0.3, -0.25) is 9.98 Å². The van der Waals surface area contributed by atoms with Crippen molar-refractivity contribution in [1.82, 2.24) is 10.3 Å². The molecular formula is C19H16FN3O. The standard InChI is InChI=1S/C19H16FN3O/c20-14-7-2-8-15(17(14)19-22-11-4-12-23-19)24-16-9-1-5-13-6-3-10-21-18(13)16/h1-3,5-10H,4,11-12H2,(H,22,23). The predicted octanol–water partition coefficient (Wildman–Crippen LogP) is 3.91. The summed E-state index contributed by atoms with van der Waals surface area (Å²) >= 11 is 0. The van der Waals surface area contributed by atoms with Crippen LogP contribution in [0.2, 0.25) is 0 Å². The lowest BCUT2D eigenvalue weighted by Gasteiger charge is -2.18. The Bertz CT molecular complexity index is 918. The first-order valence-corrected chi connectivity index (χ1v) is 7.92. The van der Waals surface area contributed by atoms with Crippen molar-refractivity contribution >= 4 is 16.7 Å². The largest absolute Gasteiger partial charge is 0.454 e. The van der Waals surface area contributed by atoms with Gasteiger partial charge in [0.15, 0.2) is 5.75 Å². The zero-order chi connectivity index (χ0) is 16.4. The minimum absolute atomic E-state index is 0.353. The van der Waals surface area contributed by atoms with E-state index in [9.17, 15) is 4.39 Å². The van der Waals surface area contributed by atoms with Gasteiger partial charge in [-0.1, -0.05) is 24.3 Å². The lowest BCUT2D eigenvalue weighted by molar-refractivity contribution is 0.478. The fraction of sp³-hybridized carbons (Fsp3) is 0.158. The third-order valence-corrected chi connectivity index (χ3v) is 3.93. The average molecular weight is 321 g/mol. The van der Waals surface area contributed by atoms with Crippen molar-refractivity contribution < 1.29 is 9.13 Å². The lowest BCUT2D eigenvalue weighted by atomic mass is 10.1. The molecule has 24 heavy (non-hydrogen) atoms. The van der Waals surface area contributed by atoms with Crippen LogP contribution < -0.4 is 10.1 Å². The number of nitrogens with zero attached hydrogens (tertiary/aromatic N) is 2. The lowest BCUT2D eigenvalue weighted by Crippen LogP contribution is -2.31. The molecule has 0 atom stereocenters. The Morgan fingerprint density at radius 3 is 2.71 bits per heavy atom. The smallest absolute Gasteiger partial charge is 0.153 e. The van der Waals surface area contributed by atoms with E-state index in [4.69, 9.17) is 4.74 Å². The van der Waals surface area contributed by atoms with E-state index in [0.29, 0.717) is 29.4 Å². The first kappa shape index (κ1) is 14.6. The number of nitrogens with one attached hydrogen (secondary N) is 1. The zero-order valence-electron chi connectivity index (χ0n) is 13.0. The van der Waals surface area contributed by atoms with Crippen LogP contribution >= 0.6 is 0 Å². The van der Waals surface area contributed by atoms with Crippen molar-refractivity contribution in [2.75, 3.05) is 13.1 Å². The van der Waals surface area contributed by atoms with E-state index < -0.39 is 0 Å². The number of benzene rings is 2. The highest BCUT2D eigenvalue weighted by Gasteiger charge is 2.18. The monoisotopic (exact) mass is 321 g/mol. The van der Waals surface area contributed by atoms with Crippen LogP contribution in [0.1, 0.15) is 12.0 Å². The molecule has 1 aromatic heterocycles. The molecule has 0 amide bonds. The van der Waals surface area contributed by atoms with Crippen LogP contribution in [0.15, 0.2) is 59.7 Å². The molecule has 0 bridgehead atoms. The summed E-state index contributed by atoms with van der Waals surface area (Å²) < 4.78 is 20.5. The third kappa shape index (κ3) is 2.69. The van der Waals surface area contributed by atoms with Gasteiger partial charge in [-0.25, -0.2) is 4.39 Å². The van der Waals surface area contributed by atoms with Crippen LogP contribution in [0, 0.1) is 5.82 Å². The van der Waals surface area contributed by atoms with Gasteiger partial charge in [-0.05, 0) is 30.7 Å². The van der Waals surface area contributed by atoms with Crippen molar-refractivity contribution in [1.29, 1.82) is 0 Å². The number of fused-ring (bicyclic) bond motifs is 1. The number of aliphatic imine (C=N–C) groups is 1. The number of halogens is 1. The molecule has 2 heterocycles. The minimum atomic E-state index is -0.353. The average Bonchev–Trinajstić information content (AvgIpc) is 2.63. The Morgan fingerprint density at radius 2 is 1.83 bits per heavy atom. The molecular weight excluding hydrogens is 305 g/mol. The molecule has 0 spiro atoms. The summed E-state index contributed by atoms with van der Waals surface area (Å²) in [5.74, 6) is 1.22. The predicted molar refractivity (Wildman–Crippen MR) is 92.2 cm³/mol. The van der Waals surface area contributed by atoms with E-state index in [1.54, 1.807) is 18.3 Å². The molecule has 0 saturated heterocycles. The Balaban J connectivity index is 1.80. The van der Waals surface area contributed by atoms with E-state index in [2.05, 4.69) is 15.3 Å². The second-order valence-corrected chi connectivity index (χ2v) is 5.56. The van der Waals surface area contributed by atoms with Crippen molar-refractivity contribution in [3.8, 4) is 11.5 Å². The van der Waals surface area contributed by atoms with Crippen LogP contribution in [-0.4, -0.2) is 23.9 Å². The van der Waals surface area contributed by atoms with Gasteiger partial charge in [0.2, 0.25) is 0 Å². The van der Waals surface area contributed by atoms with E-state index in [1.807, 2.05) is 30.3 Å². The van der Waals surface area contributed by atoms with Crippen molar-refractivity contribution in [2.45, 2.75) is 6.42 Å². The number of ether oxygens (including phenoxy) is 1. The van der Waals surface area contributed by atoms with Gasteiger partial charge >= 0.3 is 0 Å². The summed E-state index contributed by atoms with van der Waals surface area (Å²) in [4.78, 5) is 8.77. The summed E-state index contributed by atoms with van der Waals surface area (Å²) in [7, 11) is 0. The number of aromatic nitrogens is 1. The highest BCUT2D eigenvalue weighted by molar-refractivity contribution is 6.02. The minimum Gasteiger partial charge on any atom is -0.454 e. The molecule has 2 aromatic carbocycles. The molecule has 1 N–H and O–H groups in total. The molecule has 0 fully saturated rings. The van der Waals surface area contributed by atoms with E-state index in [-0.39, 0.29) is 5.82 Å². The number of rotatable bonds is 3. The van der Waals surface area contributed by atoms with Gasteiger partial charge in [0.05, 0.1) is 5.56 Å². The molecule has 1 aliphatic rings. The molecule has 0 saturated carbocycles. The normalized spacial score (nSPS) is 14.1. The third-order valence-electron chi connectivity index (χ3n) is 3.93. The van der Waals surface area contributed by atoms with Crippen molar-refractivity contribution in [3.05, 3.63) is 66.1 Å². The molecule has 0 aliphatic carbocycles. The highest BCUT2D eigenvalue weighted by atomic mass is 19.1. The second-order valence-electron chi connectivity index (χ2n) is 5.56. The fourth-order valence-electron chi connectivity index (χ4n) is 2.80. The van der Waals surface area contributed by atoms with Crippen LogP contribution in [0.5, 0.6) is 11.5 Å².